The van der Waals surface area contributed by atoms with Crippen LogP contribution in [-0.2, 0) is 9.59 Å². The fourth-order valence-electron chi connectivity index (χ4n) is 3.12. The molecule has 2 amide bonds. The van der Waals surface area contributed by atoms with Crippen molar-refractivity contribution in [3.8, 4) is 0 Å². The van der Waals surface area contributed by atoms with Crippen LogP contribution in [0.15, 0.2) is 53.4 Å². The SMILES string of the molecule is O=C(O)CCCCCN1C(=O)/C(=C\c2cccc(NC(=O)c3ccccc3Cl)c2)SC1=S. The van der Waals surface area contributed by atoms with Crippen molar-refractivity contribution >= 4 is 69.4 Å². The molecule has 0 atom stereocenters. The van der Waals surface area contributed by atoms with E-state index in [4.69, 9.17) is 28.9 Å². The fraction of sp³-hybridized carbons (Fsp3) is 0.217. The summed E-state index contributed by atoms with van der Waals surface area (Å²) in [6.07, 6.45) is 3.86. The normalized spacial score (nSPS) is 14.8. The van der Waals surface area contributed by atoms with Crippen LogP contribution in [0.3, 0.4) is 0 Å². The van der Waals surface area contributed by atoms with Crippen LogP contribution >= 0.6 is 35.6 Å². The van der Waals surface area contributed by atoms with Crippen molar-refractivity contribution in [3.05, 3.63) is 69.6 Å². The summed E-state index contributed by atoms with van der Waals surface area (Å²) in [5.41, 5.74) is 1.71. The minimum atomic E-state index is -0.816. The van der Waals surface area contributed by atoms with Gasteiger partial charge in [0.05, 0.1) is 15.5 Å². The van der Waals surface area contributed by atoms with Gasteiger partial charge in [-0.3, -0.25) is 19.3 Å². The van der Waals surface area contributed by atoms with Crippen LogP contribution in [0.1, 0.15) is 41.6 Å². The zero-order valence-corrected chi connectivity index (χ0v) is 19.4. The highest BCUT2D eigenvalue weighted by molar-refractivity contribution is 8.26. The molecule has 2 aromatic carbocycles. The van der Waals surface area contributed by atoms with Crippen molar-refractivity contribution in [2.24, 2.45) is 0 Å². The van der Waals surface area contributed by atoms with Gasteiger partial charge in [0.1, 0.15) is 4.32 Å². The quantitative estimate of drug-likeness (QED) is 0.278. The van der Waals surface area contributed by atoms with E-state index >= 15 is 0 Å². The first kappa shape index (κ1) is 24.0. The van der Waals surface area contributed by atoms with E-state index < -0.39 is 5.97 Å². The van der Waals surface area contributed by atoms with Crippen LogP contribution in [0.5, 0.6) is 0 Å². The third kappa shape index (κ3) is 6.41. The predicted molar refractivity (Wildman–Crippen MR) is 132 cm³/mol. The van der Waals surface area contributed by atoms with Gasteiger partial charge in [-0.15, -0.1) is 0 Å². The third-order valence-electron chi connectivity index (χ3n) is 4.71. The number of thiocarbonyl (C=S) groups is 1. The van der Waals surface area contributed by atoms with Gasteiger partial charge in [-0.25, -0.2) is 0 Å². The smallest absolute Gasteiger partial charge is 0.303 e. The van der Waals surface area contributed by atoms with Crippen molar-refractivity contribution in [1.29, 1.82) is 0 Å². The summed E-state index contributed by atoms with van der Waals surface area (Å²) in [6, 6.07) is 14.0. The number of carbonyl (C=O) groups is 3. The fourth-order valence-corrected chi connectivity index (χ4v) is 4.65. The number of rotatable bonds is 9. The molecule has 0 unspecified atom stereocenters. The number of benzene rings is 2. The highest BCUT2D eigenvalue weighted by Gasteiger charge is 2.31. The molecule has 1 saturated heterocycles. The average Bonchev–Trinajstić information content (AvgIpc) is 3.01. The number of unbranched alkanes of at least 4 members (excludes halogenated alkanes) is 2. The number of carboxylic acids is 1. The van der Waals surface area contributed by atoms with Gasteiger partial charge in [0.25, 0.3) is 11.8 Å². The molecule has 0 spiro atoms. The van der Waals surface area contributed by atoms with Crippen LogP contribution in [0.25, 0.3) is 6.08 Å². The van der Waals surface area contributed by atoms with Crippen LogP contribution in [0.2, 0.25) is 5.02 Å². The number of nitrogens with zero attached hydrogens (tertiary/aromatic N) is 1. The van der Waals surface area contributed by atoms with E-state index in [1.54, 1.807) is 53.4 Å². The molecule has 0 saturated carbocycles. The van der Waals surface area contributed by atoms with Crippen molar-refractivity contribution in [3.63, 3.8) is 0 Å². The van der Waals surface area contributed by atoms with Gasteiger partial charge < -0.3 is 10.4 Å². The summed E-state index contributed by atoms with van der Waals surface area (Å²) in [7, 11) is 0. The molecular formula is C23H21ClN2O4S2. The van der Waals surface area contributed by atoms with E-state index in [9.17, 15) is 14.4 Å². The molecule has 1 fully saturated rings. The summed E-state index contributed by atoms with van der Waals surface area (Å²) < 4.78 is 0.489. The lowest BCUT2D eigenvalue weighted by molar-refractivity contribution is -0.137. The molecule has 0 aromatic heterocycles. The topological polar surface area (TPSA) is 86.7 Å². The molecule has 0 aliphatic carbocycles. The number of anilines is 1. The maximum atomic E-state index is 12.7. The van der Waals surface area contributed by atoms with Gasteiger partial charge in [0.2, 0.25) is 0 Å². The molecule has 6 nitrogen and oxygen atoms in total. The van der Waals surface area contributed by atoms with E-state index in [0.717, 1.165) is 12.0 Å². The number of thioether (sulfide) groups is 1. The van der Waals surface area contributed by atoms with Crippen molar-refractivity contribution in [2.45, 2.75) is 25.7 Å². The summed E-state index contributed by atoms with van der Waals surface area (Å²) in [6.45, 7) is 0.468. The van der Waals surface area contributed by atoms with Gasteiger partial charge in [0, 0.05) is 18.7 Å². The molecule has 0 bridgehead atoms. The minimum Gasteiger partial charge on any atom is -0.481 e. The molecule has 0 radical (unpaired) electrons. The Hall–Kier alpha value is -2.68. The standard InChI is InChI=1S/C23H21ClN2O4S2/c24-18-10-4-3-9-17(18)21(29)25-16-8-6-7-15(13-16)14-19-22(30)26(23(31)32-19)12-5-1-2-11-20(27)28/h3-4,6-10,13-14H,1-2,5,11-12H2,(H,25,29)(H,27,28)/b19-14+. The van der Waals surface area contributed by atoms with Gasteiger partial charge in [-0.2, -0.15) is 0 Å². The largest absolute Gasteiger partial charge is 0.481 e. The predicted octanol–water partition coefficient (Wildman–Crippen LogP) is 5.44. The van der Waals surface area contributed by atoms with Crippen molar-refractivity contribution < 1.29 is 19.5 Å². The van der Waals surface area contributed by atoms with Crippen LogP contribution in [0.4, 0.5) is 5.69 Å². The van der Waals surface area contributed by atoms with Crippen molar-refractivity contribution in [2.75, 3.05) is 11.9 Å². The molecule has 166 valence electrons. The Morgan fingerprint density at radius 1 is 1.12 bits per heavy atom. The Bertz CT molecular complexity index is 1090. The number of halogens is 1. The summed E-state index contributed by atoms with van der Waals surface area (Å²) >= 11 is 12.7. The second-order valence-electron chi connectivity index (χ2n) is 7.10. The maximum Gasteiger partial charge on any atom is 0.303 e. The number of carbonyl (C=O) groups excluding carboxylic acids is 2. The van der Waals surface area contributed by atoms with Gasteiger partial charge in [-0.1, -0.05) is 66.3 Å². The van der Waals surface area contributed by atoms with E-state index in [1.165, 1.54) is 11.8 Å². The lowest BCUT2D eigenvalue weighted by atomic mass is 10.1. The van der Waals surface area contributed by atoms with E-state index in [1.807, 2.05) is 6.07 Å². The zero-order chi connectivity index (χ0) is 23.1. The molecule has 2 aromatic rings. The zero-order valence-electron chi connectivity index (χ0n) is 17.0. The monoisotopic (exact) mass is 488 g/mol. The molecule has 32 heavy (non-hydrogen) atoms. The first-order valence-corrected chi connectivity index (χ1v) is 11.6. The van der Waals surface area contributed by atoms with Crippen LogP contribution in [0, 0.1) is 0 Å². The second-order valence-corrected chi connectivity index (χ2v) is 9.18. The molecule has 9 heteroatoms. The van der Waals surface area contributed by atoms with Gasteiger partial charge in [0.15, 0.2) is 0 Å². The Morgan fingerprint density at radius 3 is 2.66 bits per heavy atom. The van der Waals surface area contributed by atoms with E-state index in [0.29, 0.717) is 44.9 Å². The Balaban J connectivity index is 1.63. The number of nitrogens with one attached hydrogen (secondary N) is 1. The Morgan fingerprint density at radius 2 is 1.91 bits per heavy atom. The van der Waals surface area contributed by atoms with E-state index in [2.05, 4.69) is 5.32 Å². The number of carboxylic acid groups (broad SMARTS) is 1. The van der Waals surface area contributed by atoms with Gasteiger partial charge >= 0.3 is 5.97 Å². The Kier molecular flexibility index (Phi) is 8.44. The molecule has 1 heterocycles. The summed E-state index contributed by atoms with van der Waals surface area (Å²) in [5, 5.41) is 11.9. The number of aliphatic carboxylic acids is 1. The maximum absolute atomic E-state index is 12.7. The molecule has 1 aliphatic heterocycles. The van der Waals surface area contributed by atoms with Gasteiger partial charge in [-0.05, 0) is 48.7 Å². The van der Waals surface area contributed by atoms with Crippen LogP contribution in [-0.4, -0.2) is 38.7 Å². The molecule has 3 rings (SSSR count). The van der Waals surface area contributed by atoms with Crippen LogP contribution < -0.4 is 5.32 Å². The second kappa shape index (κ2) is 11.3. The average molecular weight is 489 g/mol. The summed E-state index contributed by atoms with van der Waals surface area (Å²) in [4.78, 5) is 37.9. The molecule has 1 aliphatic rings. The highest BCUT2D eigenvalue weighted by atomic mass is 35.5. The lowest BCUT2D eigenvalue weighted by Crippen LogP contribution is -2.29. The highest BCUT2D eigenvalue weighted by Crippen LogP contribution is 2.33. The first-order valence-electron chi connectivity index (χ1n) is 9.98. The molecular weight excluding hydrogens is 468 g/mol. The lowest BCUT2D eigenvalue weighted by Gasteiger charge is -2.13. The Labute approximate surface area is 200 Å². The first-order chi connectivity index (χ1) is 15.3. The molecule has 2 N–H and O–H groups in total. The number of amides is 2. The number of hydrogen-bond donors (Lipinski definition) is 2. The number of hydrogen-bond acceptors (Lipinski definition) is 5. The van der Waals surface area contributed by atoms with E-state index in [-0.39, 0.29) is 18.2 Å². The van der Waals surface area contributed by atoms with Crippen molar-refractivity contribution in [1.82, 2.24) is 4.90 Å². The summed E-state index contributed by atoms with van der Waals surface area (Å²) in [5.74, 6) is -1.30. The minimum absolute atomic E-state index is 0.127. The third-order valence-corrected chi connectivity index (χ3v) is 6.41.